The number of carbonyl (C=O) groups excluding carboxylic acids is 1. The Bertz CT molecular complexity index is 126. The molecular formula is C4H7N3O. The largest absolute Gasteiger partial charge is 0.293 e. The third-order valence-electron chi connectivity index (χ3n) is 0.729. The molecule has 0 heterocycles. The molecule has 4 heteroatoms. The molecule has 0 spiro atoms. The maximum absolute atomic E-state index is 10.3. The summed E-state index contributed by atoms with van der Waals surface area (Å²) >= 11 is 0. The second kappa shape index (κ2) is 2.99. The Kier molecular flexibility index (Phi) is 2.59. The highest BCUT2D eigenvalue weighted by atomic mass is 16.2. The average molecular weight is 113 g/mol. The van der Waals surface area contributed by atoms with E-state index < -0.39 is 11.8 Å². The third-order valence-corrected chi connectivity index (χ3v) is 0.729. The summed E-state index contributed by atoms with van der Waals surface area (Å²) in [7, 11) is 0. The molecule has 0 aliphatic heterocycles. The van der Waals surface area contributed by atoms with Gasteiger partial charge in [-0.1, -0.05) is 0 Å². The number of amides is 1. The first-order valence-corrected chi connectivity index (χ1v) is 2.12. The number of hydrogen-bond donors (Lipinski definition) is 2. The van der Waals surface area contributed by atoms with Crippen LogP contribution in [0.1, 0.15) is 6.92 Å². The summed E-state index contributed by atoms with van der Waals surface area (Å²) in [5.74, 6) is 3.59. The fourth-order valence-electron chi connectivity index (χ4n) is 0.184. The maximum atomic E-state index is 10.3. The lowest BCUT2D eigenvalue weighted by Crippen LogP contribution is -2.34. The normalized spacial score (nSPS) is 11.6. The van der Waals surface area contributed by atoms with Gasteiger partial charge in [-0.2, -0.15) is 5.26 Å². The zero-order chi connectivity index (χ0) is 6.57. The topological polar surface area (TPSA) is 78.9 Å². The quantitative estimate of drug-likeness (QED) is 0.264. The second-order valence-electron chi connectivity index (χ2n) is 1.36. The molecule has 3 N–H and O–H groups in total. The van der Waals surface area contributed by atoms with Crippen LogP contribution < -0.4 is 11.3 Å². The number of carbonyl (C=O) groups is 1. The lowest BCUT2D eigenvalue weighted by molar-refractivity contribution is -0.123. The number of hydrazine groups is 1. The van der Waals surface area contributed by atoms with Gasteiger partial charge in [0.15, 0.2) is 0 Å². The molecule has 0 aromatic heterocycles. The lowest BCUT2D eigenvalue weighted by atomic mass is 10.2. The fraction of sp³-hybridized carbons (Fsp3) is 0.500. The van der Waals surface area contributed by atoms with Crippen LogP contribution >= 0.6 is 0 Å². The van der Waals surface area contributed by atoms with E-state index in [4.69, 9.17) is 11.1 Å². The molecule has 0 bridgehead atoms. The van der Waals surface area contributed by atoms with Crippen molar-refractivity contribution in [3.8, 4) is 6.07 Å². The summed E-state index contributed by atoms with van der Waals surface area (Å²) in [6.45, 7) is 1.47. The zero-order valence-corrected chi connectivity index (χ0v) is 4.51. The van der Waals surface area contributed by atoms with E-state index in [9.17, 15) is 4.79 Å². The second-order valence-corrected chi connectivity index (χ2v) is 1.36. The predicted octanol–water partition coefficient (Wildman–Crippen LogP) is -0.864. The van der Waals surface area contributed by atoms with Crippen molar-refractivity contribution in [1.29, 1.82) is 5.26 Å². The van der Waals surface area contributed by atoms with Crippen molar-refractivity contribution in [2.75, 3.05) is 0 Å². The average Bonchev–Trinajstić information content (AvgIpc) is 1.84. The number of nitrogens with zero attached hydrogens (tertiary/aromatic N) is 1. The molecule has 8 heavy (non-hydrogen) atoms. The molecule has 1 atom stereocenters. The van der Waals surface area contributed by atoms with Gasteiger partial charge in [-0.3, -0.25) is 10.2 Å². The molecule has 4 nitrogen and oxygen atoms in total. The number of nitriles is 1. The van der Waals surface area contributed by atoms with Crippen molar-refractivity contribution < 1.29 is 4.79 Å². The SMILES string of the molecule is CC(C#N)C(=O)NN. The minimum Gasteiger partial charge on any atom is -0.293 e. The van der Waals surface area contributed by atoms with Gasteiger partial charge >= 0.3 is 0 Å². The van der Waals surface area contributed by atoms with Crippen LogP contribution in [0.3, 0.4) is 0 Å². The van der Waals surface area contributed by atoms with Gasteiger partial charge in [-0.05, 0) is 6.92 Å². The first-order chi connectivity index (χ1) is 3.72. The minimum atomic E-state index is -0.653. The molecule has 0 fully saturated rings. The van der Waals surface area contributed by atoms with Crippen molar-refractivity contribution in [3.63, 3.8) is 0 Å². The van der Waals surface area contributed by atoms with Crippen molar-refractivity contribution in [1.82, 2.24) is 5.43 Å². The van der Waals surface area contributed by atoms with E-state index in [-0.39, 0.29) is 0 Å². The van der Waals surface area contributed by atoms with Crippen molar-refractivity contribution in [2.24, 2.45) is 11.8 Å². The van der Waals surface area contributed by atoms with Gasteiger partial charge in [0.25, 0.3) is 5.91 Å². The summed E-state index contributed by atoms with van der Waals surface area (Å²) in [5.41, 5.74) is 1.85. The molecule has 0 radical (unpaired) electrons. The zero-order valence-electron chi connectivity index (χ0n) is 4.51. The Labute approximate surface area is 47.2 Å². The fourth-order valence-corrected chi connectivity index (χ4v) is 0.184. The van der Waals surface area contributed by atoms with E-state index in [2.05, 4.69) is 0 Å². The van der Waals surface area contributed by atoms with Gasteiger partial charge in [-0.15, -0.1) is 0 Å². The van der Waals surface area contributed by atoms with E-state index in [0.29, 0.717) is 0 Å². The molecule has 0 rings (SSSR count). The number of nitrogens with one attached hydrogen (secondary N) is 1. The summed E-state index contributed by atoms with van der Waals surface area (Å²) in [5, 5.41) is 8.07. The van der Waals surface area contributed by atoms with Gasteiger partial charge in [0, 0.05) is 0 Å². The third kappa shape index (κ3) is 1.58. The van der Waals surface area contributed by atoms with E-state index in [1.54, 1.807) is 6.07 Å². The molecule has 0 aromatic carbocycles. The molecule has 0 saturated carbocycles. The predicted molar refractivity (Wildman–Crippen MR) is 27.1 cm³/mol. The number of hydrogen-bond acceptors (Lipinski definition) is 3. The van der Waals surface area contributed by atoms with Crippen LogP contribution in [0.4, 0.5) is 0 Å². The molecule has 0 aliphatic rings. The minimum absolute atomic E-state index is 0.451. The van der Waals surface area contributed by atoms with Crippen LogP contribution in [0.25, 0.3) is 0 Å². The number of nitrogens with two attached hydrogens (primary N) is 1. The molecule has 1 amide bonds. The van der Waals surface area contributed by atoms with Gasteiger partial charge in [0.1, 0.15) is 5.92 Å². The summed E-state index contributed by atoms with van der Waals surface area (Å²) in [6, 6.07) is 1.72. The Balaban J connectivity index is 3.68. The highest BCUT2D eigenvalue weighted by molar-refractivity contribution is 5.79. The van der Waals surface area contributed by atoms with Crippen LogP contribution in [0.15, 0.2) is 0 Å². The smallest absolute Gasteiger partial charge is 0.250 e. The summed E-state index contributed by atoms with van der Waals surface area (Å²) in [6.07, 6.45) is 0. The van der Waals surface area contributed by atoms with Gasteiger partial charge in [0.2, 0.25) is 0 Å². The van der Waals surface area contributed by atoms with Gasteiger partial charge in [0.05, 0.1) is 6.07 Å². The van der Waals surface area contributed by atoms with Crippen LogP contribution in [-0.4, -0.2) is 5.91 Å². The molecule has 0 saturated heterocycles. The first-order valence-electron chi connectivity index (χ1n) is 2.12. The molecule has 0 aromatic rings. The number of rotatable bonds is 1. The highest BCUT2D eigenvalue weighted by Crippen LogP contribution is 1.87. The van der Waals surface area contributed by atoms with E-state index in [1.165, 1.54) is 6.92 Å². The standard InChI is InChI=1S/C4H7N3O/c1-3(2-5)4(8)7-6/h3H,6H2,1H3,(H,7,8). The molecular weight excluding hydrogens is 106 g/mol. The van der Waals surface area contributed by atoms with E-state index in [1.807, 2.05) is 5.43 Å². The van der Waals surface area contributed by atoms with Crippen LogP contribution in [0.2, 0.25) is 0 Å². The first kappa shape index (κ1) is 6.92. The Hall–Kier alpha value is -1.08. The van der Waals surface area contributed by atoms with Crippen LogP contribution in [0.5, 0.6) is 0 Å². The van der Waals surface area contributed by atoms with Crippen molar-refractivity contribution in [2.45, 2.75) is 6.92 Å². The highest BCUT2D eigenvalue weighted by Gasteiger charge is 2.07. The van der Waals surface area contributed by atoms with E-state index in [0.717, 1.165) is 0 Å². The monoisotopic (exact) mass is 113 g/mol. The summed E-state index contributed by atoms with van der Waals surface area (Å²) in [4.78, 5) is 10.3. The van der Waals surface area contributed by atoms with Crippen LogP contribution in [0, 0.1) is 17.2 Å². The van der Waals surface area contributed by atoms with Gasteiger partial charge in [-0.25, -0.2) is 5.84 Å². The Morgan fingerprint density at radius 2 is 2.50 bits per heavy atom. The molecule has 1 unspecified atom stereocenters. The summed E-state index contributed by atoms with van der Waals surface area (Å²) < 4.78 is 0. The molecule has 0 aliphatic carbocycles. The van der Waals surface area contributed by atoms with Crippen molar-refractivity contribution in [3.05, 3.63) is 0 Å². The van der Waals surface area contributed by atoms with Gasteiger partial charge < -0.3 is 0 Å². The van der Waals surface area contributed by atoms with Crippen LogP contribution in [-0.2, 0) is 4.79 Å². The maximum Gasteiger partial charge on any atom is 0.250 e. The Morgan fingerprint density at radius 3 is 2.62 bits per heavy atom. The van der Waals surface area contributed by atoms with E-state index >= 15 is 0 Å². The van der Waals surface area contributed by atoms with Crippen molar-refractivity contribution >= 4 is 5.91 Å². The lowest BCUT2D eigenvalue weighted by Gasteiger charge is -1.96. The molecule has 44 valence electrons. The Morgan fingerprint density at radius 1 is 2.00 bits per heavy atom.